The fourth-order valence-corrected chi connectivity index (χ4v) is 2.04. The summed E-state index contributed by atoms with van der Waals surface area (Å²) >= 11 is 0. The predicted octanol–water partition coefficient (Wildman–Crippen LogP) is 1.78. The van der Waals surface area contributed by atoms with Gasteiger partial charge in [-0.2, -0.15) is 5.26 Å². The number of rotatable bonds is 5. The number of nitrogens with zero attached hydrogens (tertiary/aromatic N) is 3. The van der Waals surface area contributed by atoms with Gasteiger partial charge in [0.15, 0.2) is 0 Å². The Morgan fingerprint density at radius 2 is 2.21 bits per heavy atom. The van der Waals surface area contributed by atoms with Crippen LogP contribution in [0.4, 0.5) is 5.82 Å². The number of amides is 1. The summed E-state index contributed by atoms with van der Waals surface area (Å²) in [6.07, 6.45) is 5.99. The Labute approximate surface area is 112 Å². The zero-order chi connectivity index (χ0) is 13.2. The van der Waals surface area contributed by atoms with Gasteiger partial charge in [-0.15, -0.1) is 0 Å². The van der Waals surface area contributed by atoms with E-state index in [4.69, 9.17) is 5.26 Å². The molecule has 19 heavy (non-hydrogen) atoms. The quantitative estimate of drug-likeness (QED) is 0.815. The van der Waals surface area contributed by atoms with Crippen LogP contribution >= 0.6 is 0 Å². The summed E-state index contributed by atoms with van der Waals surface area (Å²) in [5.41, 5.74) is 0.559. The van der Waals surface area contributed by atoms with Gasteiger partial charge in [-0.25, -0.2) is 4.98 Å². The normalized spacial score (nSPS) is 17.6. The first-order chi connectivity index (χ1) is 9.28. The van der Waals surface area contributed by atoms with Crippen LogP contribution in [0.15, 0.2) is 18.3 Å². The van der Waals surface area contributed by atoms with Gasteiger partial charge in [0.05, 0.1) is 11.6 Å². The molecular weight excluding hydrogens is 240 g/mol. The predicted molar refractivity (Wildman–Crippen MR) is 70.6 cm³/mol. The van der Waals surface area contributed by atoms with Crippen LogP contribution in [0.2, 0.25) is 0 Å². The van der Waals surface area contributed by atoms with Crippen LogP contribution in [0.5, 0.6) is 0 Å². The lowest BCUT2D eigenvalue weighted by Crippen LogP contribution is -2.33. The van der Waals surface area contributed by atoms with E-state index in [9.17, 15) is 4.79 Å². The SMILES string of the molecule is N#CCN(C(=O)c1ccc(NC2CC2)nc1)C1CC1. The highest BCUT2D eigenvalue weighted by Gasteiger charge is 2.33. The zero-order valence-corrected chi connectivity index (χ0v) is 10.7. The lowest BCUT2D eigenvalue weighted by molar-refractivity contribution is 0.0764. The molecule has 1 aromatic rings. The molecule has 0 radical (unpaired) electrons. The Kier molecular flexibility index (Phi) is 3.08. The van der Waals surface area contributed by atoms with Crippen molar-refractivity contribution in [2.75, 3.05) is 11.9 Å². The molecular formula is C14H16N4O. The molecule has 1 aromatic heterocycles. The summed E-state index contributed by atoms with van der Waals surface area (Å²) in [6, 6.07) is 6.48. The van der Waals surface area contributed by atoms with Crippen LogP contribution in [0.25, 0.3) is 0 Å². The Balaban J connectivity index is 1.69. The first-order valence-electron chi connectivity index (χ1n) is 6.68. The van der Waals surface area contributed by atoms with Gasteiger partial charge in [0.2, 0.25) is 0 Å². The van der Waals surface area contributed by atoms with Crippen molar-refractivity contribution in [3.63, 3.8) is 0 Å². The molecule has 1 heterocycles. The molecule has 3 rings (SSSR count). The Hall–Kier alpha value is -2.09. The number of carbonyl (C=O) groups is 1. The molecule has 1 amide bonds. The standard InChI is InChI=1S/C14H16N4O/c15-7-8-18(12-4-5-12)14(19)10-1-6-13(16-9-10)17-11-2-3-11/h1,6,9,11-12H,2-5,8H2,(H,16,17). The lowest BCUT2D eigenvalue weighted by Gasteiger charge is -2.18. The third-order valence-corrected chi connectivity index (χ3v) is 3.43. The molecule has 5 heteroatoms. The van der Waals surface area contributed by atoms with Gasteiger partial charge < -0.3 is 10.2 Å². The molecule has 1 N–H and O–H groups in total. The van der Waals surface area contributed by atoms with Crippen molar-refractivity contribution in [1.29, 1.82) is 5.26 Å². The molecule has 2 fully saturated rings. The average molecular weight is 256 g/mol. The maximum Gasteiger partial charge on any atom is 0.256 e. The van der Waals surface area contributed by atoms with Gasteiger partial charge in [0.25, 0.3) is 5.91 Å². The number of nitrogens with one attached hydrogen (secondary N) is 1. The van der Waals surface area contributed by atoms with E-state index >= 15 is 0 Å². The van der Waals surface area contributed by atoms with E-state index in [0.717, 1.165) is 18.7 Å². The fourth-order valence-electron chi connectivity index (χ4n) is 2.04. The molecule has 0 aromatic carbocycles. The molecule has 2 saturated carbocycles. The number of hydrogen-bond donors (Lipinski definition) is 1. The Morgan fingerprint density at radius 3 is 2.74 bits per heavy atom. The summed E-state index contributed by atoms with van der Waals surface area (Å²) in [6.45, 7) is 0.158. The second kappa shape index (κ2) is 4.88. The number of hydrogen-bond acceptors (Lipinski definition) is 4. The molecule has 0 atom stereocenters. The van der Waals surface area contributed by atoms with Crippen molar-refractivity contribution >= 4 is 11.7 Å². The fraction of sp³-hybridized carbons (Fsp3) is 0.500. The van der Waals surface area contributed by atoms with Gasteiger partial charge in [-0.3, -0.25) is 4.79 Å². The van der Waals surface area contributed by atoms with Gasteiger partial charge in [0.1, 0.15) is 12.4 Å². The number of pyridine rings is 1. The van der Waals surface area contributed by atoms with Gasteiger partial charge in [-0.1, -0.05) is 0 Å². The van der Waals surface area contributed by atoms with Crippen molar-refractivity contribution in [2.45, 2.75) is 37.8 Å². The second-order valence-electron chi connectivity index (χ2n) is 5.17. The number of aromatic nitrogens is 1. The van der Waals surface area contributed by atoms with Gasteiger partial charge in [-0.05, 0) is 37.8 Å². The molecule has 5 nitrogen and oxygen atoms in total. The monoisotopic (exact) mass is 256 g/mol. The highest BCUT2D eigenvalue weighted by molar-refractivity contribution is 5.94. The highest BCUT2D eigenvalue weighted by atomic mass is 16.2. The molecule has 2 aliphatic rings. The number of anilines is 1. The lowest BCUT2D eigenvalue weighted by atomic mass is 10.2. The number of carbonyl (C=O) groups excluding carboxylic acids is 1. The molecule has 98 valence electrons. The van der Waals surface area contributed by atoms with E-state index in [1.165, 1.54) is 12.8 Å². The minimum Gasteiger partial charge on any atom is -0.367 e. The Bertz CT molecular complexity index is 511. The average Bonchev–Trinajstić information content (AvgIpc) is 3.29. The maximum absolute atomic E-state index is 12.3. The van der Waals surface area contributed by atoms with Gasteiger partial charge >= 0.3 is 0 Å². The second-order valence-corrected chi connectivity index (χ2v) is 5.17. The summed E-state index contributed by atoms with van der Waals surface area (Å²) in [7, 11) is 0. The van der Waals surface area contributed by atoms with Gasteiger partial charge in [0, 0.05) is 18.3 Å². The molecule has 0 spiro atoms. The largest absolute Gasteiger partial charge is 0.367 e. The van der Waals surface area contributed by atoms with E-state index < -0.39 is 0 Å². The third-order valence-electron chi connectivity index (χ3n) is 3.43. The van der Waals surface area contributed by atoms with Crippen molar-refractivity contribution in [3.05, 3.63) is 23.9 Å². The van der Waals surface area contributed by atoms with E-state index in [0.29, 0.717) is 11.6 Å². The van der Waals surface area contributed by atoms with E-state index in [2.05, 4.69) is 16.4 Å². The zero-order valence-electron chi connectivity index (χ0n) is 10.7. The molecule has 0 aliphatic heterocycles. The van der Waals surface area contributed by atoms with Crippen molar-refractivity contribution < 1.29 is 4.79 Å². The van der Waals surface area contributed by atoms with Crippen molar-refractivity contribution in [2.24, 2.45) is 0 Å². The van der Waals surface area contributed by atoms with E-state index in [1.807, 2.05) is 6.07 Å². The first kappa shape index (κ1) is 12.0. The molecule has 0 unspecified atom stereocenters. The van der Waals surface area contributed by atoms with Crippen molar-refractivity contribution in [1.82, 2.24) is 9.88 Å². The van der Waals surface area contributed by atoms with Crippen LogP contribution in [0.1, 0.15) is 36.0 Å². The van der Waals surface area contributed by atoms with Crippen LogP contribution in [-0.2, 0) is 0 Å². The van der Waals surface area contributed by atoms with Crippen LogP contribution in [0.3, 0.4) is 0 Å². The molecule has 0 bridgehead atoms. The summed E-state index contributed by atoms with van der Waals surface area (Å²) < 4.78 is 0. The third kappa shape index (κ3) is 2.84. The summed E-state index contributed by atoms with van der Waals surface area (Å²) in [5.74, 6) is 0.729. The smallest absolute Gasteiger partial charge is 0.256 e. The topological polar surface area (TPSA) is 69.0 Å². The van der Waals surface area contributed by atoms with Crippen molar-refractivity contribution in [3.8, 4) is 6.07 Å². The van der Waals surface area contributed by atoms with E-state index in [1.54, 1.807) is 17.2 Å². The Morgan fingerprint density at radius 1 is 1.42 bits per heavy atom. The summed E-state index contributed by atoms with van der Waals surface area (Å²) in [4.78, 5) is 18.2. The number of nitriles is 1. The molecule has 2 aliphatic carbocycles. The minimum absolute atomic E-state index is 0.0884. The maximum atomic E-state index is 12.3. The molecule has 0 saturated heterocycles. The first-order valence-corrected chi connectivity index (χ1v) is 6.68. The minimum atomic E-state index is -0.0884. The summed E-state index contributed by atoms with van der Waals surface area (Å²) in [5, 5.41) is 12.1. The van der Waals surface area contributed by atoms with Crippen LogP contribution in [0, 0.1) is 11.3 Å². The van der Waals surface area contributed by atoms with Crippen LogP contribution in [-0.4, -0.2) is 34.4 Å². The van der Waals surface area contributed by atoms with Crippen LogP contribution < -0.4 is 5.32 Å². The highest BCUT2D eigenvalue weighted by Crippen LogP contribution is 2.28. The van der Waals surface area contributed by atoms with E-state index in [-0.39, 0.29) is 18.5 Å².